The van der Waals surface area contributed by atoms with Crippen LogP contribution in [0, 0.1) is 13.8 Å². The van der Waals surface area contributed by atoms with Gasteiger partial charge in [-0.2, -0.15) is 0 Å². The lowest BCUT2D eigenvalue weighted by atomic mass is 9.96. The molecule has 19 heavy (non-hydrogen) atoms. The molecule has 2 atom stereocenters. The molecule has 4 heteroatoms. The van der Waals surface area contributed by atoms with Gasteiger partial charge >= 0.3 is 0 Å². The second-order valence-corrected chi connectivity index (χ2v) is 5.55. The van der Waals surface area contributed by atoms with Crippen LogP contribution in [0.2, 0.25) is 0 Å². The molecule has 2 rings (SSSR count). The van der Waals surface area contributed by atoms with Crippen LogP contribution >= 0.6 is 0 Å². The van der Waals surface area contributed by atoms with Crippen LogP contribution in [0.15, 0.2) is 12.1 Å². The molecule has 0 aliphatic carbocycles. The first-order chi connectivity index (χ1) is 8.92. The maximum absolute atomic E-state index is 10.4. The highest BCUT2D eigenvalue weighted by atomic mass is 16.5. The van der Waals surface area contributed by atoms with Gasteiger partial charge in [-0.25, -0.2) is 0 Å². The summed E-state index contributed by atoms with van der Waals surface area (Å²) >= 11 is 0. The van der Waals surface area contributed by atoms with Gasteiger partial charge in [-0.3, -0.25) is 0 Å². The summed E-state index contributed by atoms with van der Waals surface area (Å²) in [6.45, 7) is 7.52. The Morgan fingerprint density at radius 3 is 2.53 bits per heavy atom. The Labute approximate surface area is 114 Å². The zero-order chi connectivity index (χ0) is 14.0. The van der Waals surface area contributed by atoms with Crippen molar-refractivity contribution < 1.29 is 14.9 Å². The van der Waals surface area contributed by atoms with Crippen molar-refractivity contribution in [3.05, 3.63) is 28.8 Å². The number of hydrogen-bond acceptors (Lipinski definition) is 4. The van der Waals surface area contributed by atoms with Gasteiger partial charge in [-0.15, -0.1) is 0 Å². The molecule has 1 heterocycles. The van der Waals surface area contributed by atoms with Gasteiger partial charge in [0.25, 0.3) is 0 Å². The number of rotatable bonds is 4. The highest BCUT2D eigenvalue weighted by Gasteiger charge is 2.38. The van der Waals surface area contributed by atoms with Crippen molar-refractivity contribution >= 4 is 0 Å². The zero-order valence-electron chi connectivity index (χ0n) is 11.9. The van der Waals surface area contributed by atoms with Gasteiger partial charge in [0.15, 0.2) is 0 Å². The smallest absolute Gasteiger partial charge is 0.121 e. The van der Waals surface area contributed by atoms with E-state index in [0.29, 0.717) is 31.9 Å². The molecule has 0 radical (unpaired) electrons. The van der Waals surface area contributed by atoms with Crippen molar-refractivity contribution in [1.29, 1.82) is 0 Å². The minimum absolute atomic E-state index is 0.122. The third kappa shape index (κ3) is 3.08. The lowest BCUT2D eigenvalue weighted by Crippen LogP contribution is -2.45. The van der Waals surface area contributed by atoms with Gasteiger partial charge in [0.1, 0.15) is 11.4 Å². The summed E-state index contributed by atoms with van der Waals surface area (Å²) in [5.74, 6) is 0.361. The topological polar surface area (TPSA) is 61.7 Å². The van der Waals surface area contributed by atoms with E-state index >= 15 is 0 Å². The number of ether oxygens (including phenoxy) is 1. The Morgan fingerprint density at radius 2 is 2.00 bits per heavy atom. The van der Waals surface area contributed by atoms with Crippen LogP contribution in [0.5, 0.6) is 5.75 Å². The molecule has 1 aromatic carbocycles. The normalized spacial score (nSPS) is 26.8. The maximum Gasteiger partial charge on any atom is 0.121 e. The molecule has 1 saturated heterocycles. The van der Waals surface area contributed by atoms with E-state index in [1.54, 1.807) is 0 Å². The first-order valence-electron chi connectivity index (χ1n) is 6.76. The van der Waals surface area contributed by atoms with Crippen molar-refractivity contribution in [2.45, 2.75) is 45.4 Å². The predicted octanol–water partition coefficient (Wildman–Crippen LogP) is 1.64. The lowest BCUT2D eigenvalue weighted by molar-refractivity contribution is -0.0262. The molecular formula is C15H23NO3. The first kappa shape index (κ1) is 14.3. The maximum atomic E-state index is 10.4. The molecule has 1 aromatic rings. The molecule has 0 spiro atoms. The molecule has 106 valence electrons. The van der Waals surface area contributed by atoms with Crippen LogP contribution in [-0.4, -0.2) is 35.1 Å². The van der Waals surface area contributed by atoms with E-state index in [0.717, 1.165) is 16.7 Å². The summed E-state index contributed by atoms with van der Waals surface area (Å²) in [7, 11) is 0. The molecule has 1 aliphatic heterocycles. The van der Waals surface area contributed by atoms with E-state index in [-0.39, 0.29) is 6.10 Å². The molecule has 0 aromatic heterocycles. The summed E-state index contributed by atoms with van der Waals surface area (Å²) in [5.41, 5.74) is 2.12. The molecule has 3 N–H and O–H groups in total. The summed E-state index contributed by atoms with van der Waals surface area (Å²) < 4.78 is 5.40. The fourth-order valence-electron chi connectivity index (χ4n) is 2.57. The largest absolute Gasteiger partial charge is 0.507 e. The SMILES string of the molecule is Cc1cc(CNCC2(O)CCOC2C)cc(C)c1O. The summed E-state index contributed by atoms with van der Waals surface area (Å²) in [4.78, 5) is 0. The average molecular weight is 265 g/mol. The molecule has 0 saturated carbocycles. The molecule has 1 aliphatic rings. The number of hydrogen-bond donors (Lipinski definition) is 3. The predicted molar refractivity (Wildman–Crippen MR) is 74.3 cm³/mol. The number of benzene rings is 1. The van der Waals surface area contributed by atoms with Gasteiger partial charge < -0.3 is 20.3 Å². The minimum Gasteiger partial charge on any atom is -0.507 e. The van der Waals surface area contributed by atoms with Crippen LogP contribution in [0.3, 0.4) is 0 Å². The van der Waals surface area contributed by atoms with E-state index < -0.39 is 5.60 Å². The monoisotopic (exact) mass is 265 g/mol. The number of phenols is 1. The molecular weight excluding hydrogens is 242 g/mol. The number of aryl methyl sites for hydroxylation is 2. The minimum atomic E-state index is -0.763. The number of phenolic OH excluding ortho intramolecular Hbond substituents is 1. The van der Waals surface area contributed by atoms with Gasteiger partial charge in [-0.1, -0.05) is 12.1 Å². The second kappa shape index (κ2) is 5.49. The standard InChI is InChI=1S/C15H23NO3/c1-10-6-13(7-11(2)14(10)17)8-16-9-15(18)4-5-19-12(15)3/h6-7,12,16-18H,4-5,8-9H2,1-3H3. The number of aromatic hydroxyl groups is 1. The van der Waals surface area contributed by atoms with Gasteiger partial charge in [0.2, 0.25) is 0 Å². The third-order valence-corrected chi connectivity index (χ3v) is 3.97. The zero-order valence-corrected chi connectivity index (χ0v) is 11.9. The Morgan fingerprint density at radius 1 is 1.37 bits per heavy atom. The van der Waals surface area contributed by atoms with Crippen LogP contribution < -0.4 is 5.32 Å². The number of aliphatic hydroxyl groups is 1. The van der Waals surface area contributed by atoms with Crippen LogP contribution in [0.25, 0.3) is 0 Å². The summed E-state index contributed by atoms with van der Waals surface area (Å²) in [6, 6.07) is 3.93. The van der Waals surface area contributed by atoms with E-state index in [9.17, 15) is 10.2 Å². The van der Waals surface area contributed by atoms with Crippen molar-refractivity contribution in [3.8, 4) is 5.75 Å². The van der Waals surface area contributed by atoms with Crippen LogP contribution in [-0.2, 0) is 11.3 Å². The fourth-order valence-corrected chi connectivity index (χ4v) is 2.57. The van der Waals surface area contributed by atoms with E-state index in [4.69, 9.17) is 4.74 Å². The summed E-state index contributed by atoms with van der Waals surface area (Å²) in [5, 5.41) is 23.4. The average Bonchev–Trinajstić information content (AvgIpc) is 2.67. The van der Waals surface area contributed by atoms with Crippen molar-refractivity contribution in [1.82, 2.24) is 5.32 Å². The van der Waals surface area contributed by atoms with Gasteiger partial charge in [-0.05, 0) is 37.5 Å². The van der Waals surface area contributed by atoms with Crippen molar-refractivity contribution in [3.63, 3.8) is 0 Å². The summed E-state index contributed by atoms with van der Waals surface area (Å²) in [6.07, 6.45) is 0.553. The van der Waals surface area contributed by atoms with Gasteiger partial charge in [0.05, 0.1) is 6.10 Å². The Bertz CT molecular complexity index is 438. The Hall–Kier alpha value is -1.10. The van der Waals surface area contributed by atoms with E-state index in [1.165, 1.54) is 0 Å². The van der Waals surface area contributed by atoms with E-state index in [2.05, 4.69) is 5.32 Å². The van der Waals surface area contributed by atoms with Crippen LogP contribution in [0.4, 0.5) is 0 Å². The van der Waals surface area contributed by atoms with Crippen molar-refractivity contribution in [2.24, 2.45) is 0 Å². The fraction of sp³-hybridized carbons (Fsp3) is 0.600. The van der Waals surface area contributed by atoms with E-state index in [1.807, 2.05) is 32.9 Å². The van der Waals surface area contributed by atoms with Crippen molar-refractivity contribution in [2.75, 3.05) is 13.2 Å². The quantitative estimate of drug-likeness (QED) is 0.774. The van der Waals surface area contributed by atoms with Gasteiger partial charge in [0, 0.05) is 26.1 Å². The first-order valence-corrected chi connectivity index (χ1v) is 6.76. The highest BCUT2D eigenvalue weighted by molar-refractivity contribution is 5.42. The lowest BCUT2D eigenvalue weighted by Gasteiger charge is -2.26. The molecule has 2 unspecified atom stereocenters. The molecule has 4 nitrogen and oxygen atoms in total. The second-order valence-electron chi connectivity index (χ2n) is 5.55. The molecule has 0 bridgehead atoms. The molecule has 0 amide bonds. The Balaban J connectivity index is 1.93. The number of nitrogens with one attached hydrogen (secondary N) is 1. The molecule has 1 fully saturated rings. The highest BCUT2D eigenvalue weighted by Crippen LogP contribution is 2.25. The Kier molecular flexibility index (Phi) is 4.13. The van der Waals surface area contributed by atoms with Crippen LogP contribution in [0.1, 0.15) is 30.0 Å². The third-order valence-electron chi connectivity index (χ3n) is 3.97.